The molecule has 0 saturated carbocycles. The molecular weight excluding hydrogens is 447 g/mol. The van der Waals surface area contributed by atoms with E-state index in [1.54, 1.807) is 18.2 Å². The Morgan fingerprint density at radius 1 is 1.06 bits per heavy atom. The Morgan fingerprint density at radius 2 is 1.75 bits per heavy atom. The molecule has 32 heavy (non-hydrogen) atoms. The Hall–Kier alpha value is -2.24. The number of ether oxygens (including phenoxy) is 1. The summed E-state index contributed by atoms with van der Waals surface area (Å²) in [5, 5.41) is 3.86. The molecule has 0 saturated heterocycles. The first-order valence-electron chi connectivity index (χ1n) is 10.9. The van der Waals surface area contributed by atoms with Gasteiger partial charge in [0, 0.05) is 22.6 Å². The van der Waals surface area contributed by atoms with Crippen LogP contribution in [-0.4, -0.2) is 35.4 Å². The number of para-hydroxylation sites is 1. The number of amides is 2. The standard InChI is InChI=1S/C25H32Cl2N2O3/c1-6-22(25(31)28-17(4)5)29(14-18-11-12-19(26)13-21(18)27)24(30)15-32-23-10-8-7-9-20(23)16(2)3/h7-13,16-17,22H,6,14-15H2,1-5H3,(H,28,31). The highest BCUT2D eigenvalue weighted by atomic mass is 35.5. The van der Waals surface area contributed by atoms with E-state index in [-0.39, 0.29) is 36.9 Å². The average molecular weight is 479 g/mol. The number of hydrogen-bond donors (Lipinski definition) is 1. The van der Waals surface area contributed by atoms with Gasteiger partial charge in [-0.3, -0.25) is 9.59 Å². The van der Waals surface area contributed by atoms with Crippen LogP contribution < -0.4 is 10.1 Å². The van der Waals surface area contributed by atoms with Crippen molar-refractivity contribution in [2.24, 2.45) is 0 Å². The van der Waals surface area contributed by atoms with Gasteiger partial charge in [-0.25, -0.2) is 0 Å². The molecule has 2 rings (SSSR count). The molecule has 2 amide bonds. The van der Waals surface area contributed by atoms with Gasteiger partial charge in [-0.15, -0.1) is 0 Å². The molecule has 1 atom stereocenters. The second-order valence-electron chi connectivity index (χ2n) is 8.33. The van der Waals surface area contributed by atoms with Gasteiger partial charge in [-0.1, -0.05) is 68.2 Å². The molecule has 0 heterocycles. The summed E-state index contributed by atoms with van der Waals surface area (Å²) < 4.78 is 5.91. The van der Waals surface area contributed by atoms with Crippen LogP contribution in [-0.2, 0) is 16.1 Å². The van der Waals surface area contributed by atoms with Crippen LogP contribution in [0.5, 0.6) is 5.75 Å². The van der Waals surface area contributed by atoms with Crippen LogP contribution in [0.1, 0.15) is 58.1 Å². The first-order valence-corrected chi connectivity index (χ1v) is 11.6. The highest BCUT2D eigenvalue weighted by Crippen LogP contribution is 2.27. The first-order chi connectivity index (χ1) is 15.1. The molecule has 1 N–H and O–H groups in total. The molecule has 0 aliphatic rings. The minimum absolute atomic E-state index is 0.0400. The van der Waals surface area contributed by atoms with Gasteiger partial charge >= 0.3 is 0 Å². The largest absolute Gasteiger partial charge is 0.483 e. The van der Waals surface area contributed by atoms with E-state index < -0.39 is 6.04 Å². The molecule has 7 heteroatoms. The highest BCUT2D eigenvalue weighted by Gasteiger charge is 2.30. The highest BCUT2D eigenvalue weighted by molar-refractivity contribution is 6.35. The number of hydrogen-bond acceptors (Lipinski definition) is 3. The lowest BCUT2D eigenvalue weighted by atomic mass is 10.0. The molecule has 0 aliphatic carbocycles. The zero-order chi connectivity index (χ0) is 23.8. The number of halogens is 2. The summed E-state index contributed by atoms with van der Waals surface area (Å²) in [6.45, 7) is 9.79. The third kappa shape index (κ3) is 7.14. The van der Waals surface area contributed by atoms with Crippen LogP contribution in [0, 0.1) is 0 Å². The van der Waals surface area contributed by atoms with Crippen molar-refractivity contribution in [3.63, 3.8) is 0 Å². The summed E-state index contributed by atoms with van der Waals surface area (Å²) in [7, 11) is 0. The summed E-state index contributed by atoms with van der Waals surface area (Å²) in [5.41, 5.74) is 1.74. The van der Waals surface area contributed by atoms with Crippen molar-refractivity contribution in [3.8, 4) is 5.75 Å². The molecule has 2 aromatic carbocycles. The Bertz CT molecular complexity index is 931. The average Bonchev–Trinajstić information content (AvgIpc) is 2.73. The first kappa shape index (κ1) is 26.0. The Labute approximate surface area is 201 Å². The maximum absolute atomic E-state index is 13.3. The molecule has 0 spiro atoms. The van der Waals surface area contributed by atoms with Gasteiger partial charge in [0.25, 0.3) is 5.91 Å². The van der Waals surface area contributed by atoms with Gasteiger partial charge in [-0.05, 0) is 55.5 Å². The molecule has 2 aromatic rings. The van der Waals surface area contributed by atoms with E-state index in [9.17, 15) is 9.59 Å². The second kappa shape index (κ2) is 12.1. The molecule has 0 bridgehead atoms. The molecule has 0 aliphatic heterocycles. The summed E-state index contributed by atoms with van der Waals surface area (Å²) in [4.78, 5) is 27.7. The van der Waals surface area contributed by atoms with Crippen LogP contribution in [0.2, 0.25) is 10.0 Å². The van der Waals surface area contributed by atoms with Crippen LogP contribution in [0.4, 0.5) is 0 Å². The summed E-state index contributed by atoms with van der Waals surface area (Å²) in [6.07, 6.45) is 0.456. The number of carbonyl (C=O) groups is 2. The van der Waals surface area contributed by atoms with Gasteiger partial charge in [0.05, 0.1) is 0 Å². The topological polar surface area (TPSA) is 58.6 Å². The lowest BCUT2D eigenvalue weighted by Gasteiger charge is -2.31. The van der Waals surface area contributed by atoms with E-state index in [0.29, 0.717) is 27.8 Å². The normalized spacial score (nSPS) is 12.0. The Balaban J connectivity index is 2.30. The molecule has 0 aromatic heterocycles. The van der Waals surface area contributed by atoms with Crippen molar-refractivity contribution in [1.82, 2.24) is 10.2 Å². The number of rotatable bonds is 10. The third-order valence-electron chi connectivity index (χ3n) is 5.06. The lowest BCUT2D eigenvalue weighted by Crippen LogP contribution is -2.51. The van der Waals surface area contributed by atoms with Gasteiger partial charge in [0.1, 0.15) is 11.8 Å². The van der Waals surface area contributed by atoms with Gasteiger partial charge in [-0.2, -0.15) is 0 Å². The molecule has 0 radical (unpaired) electrons. The zero-order valence-corrected chi connectivity index (χ0v) is 20.8. The molecular formula is C25H32Cl2N2O3. The summed E-state index contributed by atoms with van der Waals surface area (Å²) in [6, 6.07) is 12.1. The molecule has 174 valence electrons. The van der Waals surface area contributed by atoms with E-state index in [2.05, 4.69) is 19.2 Å². The van der Waals surface area contributed by atoms with Crippen LogP contribution in [0.15, 0.2) is 42.5 Å². The Kier molecular flexibility index (Phi) is 9.85. The fourth-order valence-corrected chi connectivity index (χ4v) is 3.91. The van der Waals surface area contributed by atoms with Crippen LogP contribution in [0.3, 0.4) is 0 Å². The fourth-order valence-electron chi connectivity index (χ4n) is 3.44. The smallest absolute Gasteiger partial charge is 0.261 e. The minimum Gasteiger partial charge on any atom is -0.483 e. The lowest BCUT2D eigenvalue weighted by molar-refractivity contribution is -0.143. The predicted octanol–water partition coefficient (Wildman–Crippen LogP) is 5.83. The van der Waals surface area contributed by atoms with Gasteiger partial charge in [0.15, 0.2) is 6.61 Å². The number of nitrogens with zero attached hydrogens (tertiary/aromatic N) is 1. The van der Waals surface area contributed by atoms with Gasteiger partial charge in [0.2, 0.25) is 5.91 Å². The number of nitrogens with one attached hydrogen (secondary N) is 1. The summed E-state index contributed by atoms with van der Waals surface area (Å²) in [5.74, 6) is 0.425. The van der Waals surface area contributed by atoms with E-state index in [1.807, 2.05) is 45.0 Å². The maximum atomic E-state index is 13.3. The van der Waals surface area contributed by atoms with Crippen molar-refractivity contribution in [2.75, 3.05) is 6.61 Å². The number of benzene rings is 2. The fraction of sp³-hybridized carbons (Fsp3) is 0.440. The molecule has 0 fully saturated rings. The zero-order valence-electron chi connectivity index (χ0n) is 19.3. The number of carbonyl (C=O) groups excluding carboxylic acids is 2. The van der Waals surface area contributed by atoms with E-state index in [0.717, 1.165) is 5.56 Å². The van der Waals surface area contributed by atoms with Crippen molar-refractivity contribution >= 4 is 35.0 Å². The molecule has 1 unspecified atom stereocenters. The minimum atomic E-state index is -0.652. The second-order valence-corrected chi connectivity index (χ2v) is 9.17. The quantitative estimate of drug-likeness (QED) is 0.467. The van der Waals surface area contributed by atoms with Crippen molar-refractivity contribution in [3.05, 3.63) is 63.6 Å². The van der Waals surface area contributed by atoms with Crippen LogP contribution >= 0.6 is 23.2 Å². The monoisotopic (exact) mass is 478 g/mol. The van der Waals surface area contributed by atoms with Crippen molar-refractivity contribution < 1.29 is 14.3 Å². The van der Waals surface area contributed by atoms with Gasteiger partial charge < -0.3 is 15.0 Å². The van der Waals surface area contributed by atoms with Crippen molar-refractivity contribution in [2.45, 2.75) is 65.6 Å². The van der Waals surface area contributed by atoms with Crippen molar-refractivity contribution in [1.29, 1.82) is 0 Å². The maximum Gasteiger partial charge on any atom is 0.261 e. The molecule has 5 nitrogen and oxygen atoms in total. The SMILES string of the molecule is CCC(C(=O)NC(C)C)N(Cc1ccc(Cl)cc1Cl)C(=O)COc1ccccc1C(C)C. The van der Waals surface area contributed by atoms with E-state index >= 15 is 0 Å². The predicted molar refractivity (Wildman–Crippen MR) is 130 cm³/mol. The Morgan fingerprint density at radius 3 is 2.34 bits per heavy atom. The van der Waals surface area contributed by atoms with E-state index in [4.69, 9.17) is 27.9 Å². The van der Waals surface area contributed by atoms with E-state index in [1.165, 1.54) is 4.90 Å². The van der Waals surface area contributed by atoms with Crippen LogP contribution in [0.25, 0.3) is 0 Å². The third-order valence-corrected chi connectivity index (χ3v) is 5.65. The summed E-state index contributed by atoms with van der Waals surface area (Å²) >= 11 is 12.4.